The van der Waals surface area contributed by atoms with E-state index in [1.807, 2.05) is 38.1 Å². The Morgan fingerprint density at radius 2 is 2.14 bits per heavy atom. The van der Waals surface area contributed by atoms with E-state index in [1.165, 1.54) is 0 Å². The van der Waals surface area contributed by atoms with Gasteiger partial charge in [0.05, 0.1) is 0 Å². The number of carbonyl (C=O) groups excluding carboxylic acids is 2. The van der Waals surface area contributed by atoms with E-state index in [1.54, 1.807) is 7.05 Å². The molecule has 7 nitrogen and oxygen atoms in total. The van der Waals surface area contributed by atoms with Gasteiger partial charge < -0.3 is 21.3 Å². The highest BCUT2D eigenvalue weighted by atomic mass is 127. The highest BCUT2D eigenvalue weighted by Gasteiger charge is 2.23. The number of nitrogens with one attached hydrogen (secondary N) is 2. The highest BCUT2D eigenvalue weighted by molar-refractivity contribution is 14.0. The Hall–Kier alpha value is -1.84. The van der Waals surface area contributed by atoms with Gasteiger partial charge >= 0.3 is 0 Å². The van der Waals surface area contributed by atoms with Crippen molar-refractivity contribution in [3.63, 3.8) is 0 Å². The molecule has 2 unspecified atom stereocenters. The molecular formula is C21H34IN5O2. The number of amides is 2. The fraction of sp³-hybridized carbons (Fsp3) is 0.571. The summed E-state index contributed by atoms with van der Waals surface area (Å²) in [5.74, 6) is 0.786. The Bertz CT molecular complexity index is 710. The number of aliphatic imine (C=N–C) groups is 1. The zero-order valence-electron chi connectivity index (χ0n) is 17.6. The summed E-state index contributed by atoms with van der Waals surface area (Å²) < 4.78 is 0. The van der Waals surface area contributed by atoms with Gasteiger partial charge in [-0.1, -0.05) is 19.1 Å². The molecule has 0 spiro atoms. The van der Waals surface area contributed by atoms with E-state index in [0.717, 1.165) is 43.9 Å². The summed E-state index contributed by atoms with van der Waals surface area (Å²) in [5.41, 5.74) is 7.03. The molecule has 8 heteroatoms. The van der Waals surface area contributed by atoms with Gasteiger partial charge in [0.25, 0.3) is 5.91 Å². The van der Waals surface area contributed by atoms with Crippen molar-refractivity contribution >= 4 is 41.8 Å². The van der Waals surface area contributed by atoms with Crippen LogP contribution in [0, 0.1) is 5.92 Å². The molecule has 1 fully saturated rings. The molecule has 2 rings (SSSR count). The van der Waals surface area contributed by atoms with Crippen molar-refractivity contribution in [2.75, 3.05) is 20.1 Å². The normalized spacial score (nSPS) is 17.8. The standard InChI is InChI=1S/C21H33N5O2.HI/c1-4-15(2)25-20(28)18-9-5-7-16(11-18)13-24-21(23-3)26-10-6-8-17(14-26)12-19(22)27;/h5,7,9,11,15,17H,4,6,8,10,12-14H2,1-3H3,(H2,22,27)(H,23,24)(H,25,28);1H. The summed E-state index contributed by atoms with van der Waals surface area (Å²) in [6, 6.07) is 7.78. The lowest BCUT2D eigenvalue weighted by molar-refractivity contribution is -0.119. The molecule has 2 atom stereocenters. The molecule has 1 aliphatic rings. The lowest BCUT2D eigenvalue weighted by Crippen LogP contribution is -2.46. The van der Waals surface area contributed by atoms with Crippen molar-refractivity contribution in [2.45, 2.75) is 52.1 Å². The van der Waals surface area contributed by atoms with Gasteiger partial charge in [-0.15, -0.1) is 24.0 Å². The van der Waals surface area contributed by atoms with Gasteiger partial charge in [-0.05, 0) is 49.8 Å². The van der Waals surface area contributed by atoms with E-state index in [-0.39, 0.29) is 47.8 Å². The first-order chi connectivity index (χ1) is 13.4. The number of nitrogens with two attached hydrogens (primary N) is 1. The number of piperidine rings is 1. The molecule has 1 aliphatic heterocycles. The second-order valence-corrected chi connectivity index (χ2v) is 7.51. The van der Waals surface area contributed by atoms with Crippen LogP contribution in [0.5, 0.6) is 0 Å². The number of benzene rings is 1. The number of halogens is 1. The third-order valence-corrected chi connectivity index (χ3v) is 5.15. The SMILES string of the molecule is CCC(C)NC(=O)c1cccc(CNC(=NC)N2CCCC(CC(N)=O)C2)c1.I. The molecule has 0 aromatic heterocycles. The maximum absolute atomic E-state index is 12.3. The van der Waals surface area contributed by atoms with Crippen molar-refractivity contribution < 1.29 is 9.59 Å². The fourth-order valence-corrected chi connectivity index (χ4v) is 3.45. The smallest absolute Gasteiger partial charge is 0.251 e. The quantitative estimate of drug-likeness (QED) is 0.295. The molecular weight excluding hydrogens is 481 g/mol. The highest BCUT2D eigenvalue weighted by Crippen LogP contribution is 2.19. The number of likely N-dealkylation sites (tertiary alicyclic amines) is 1. The van der Waals surface area contributed by atoms with Crippen molar-refractivity contribution in [2.24, 2.45) is 16.6 Å². The van der Waals surface area contributed by atoms with Crippen LogP contribution < -0.4 is 16.4 Å². The zero-order chi connectivity index (χ0) is 20.5. The van der Waals surface area contributed by atoms with E-state index in [2.05, 4.69) is 20.5 Å². The molecule has 29 heavy (non-hydrogen) atoms. The van der Waals surface area contributed by atoms with E-state index in [9.17, 15) is 9.59 Å². The fourth-order valence-electron chi connectivity index (χ4n) is 3.45. The van der Waals surface area contributed by atoms with E-state index in [4.69, 9.17) is 5.73 Å². The van der Waals surface area contributed by atoms with Crippen molar-refractivity contribution in [3.05, 3.63) is 35.4 Å². The predicted octanol–water partition coefficient (Wildman–Crippen LogP) is 2.50. The van der Waals surface area contributed by atoms with Crippen LogP contribution in [0.15, 0.2) is 29.3 Å². The topological polar surface area (TPSA) is 99.8 Å². The van der Waals surface area contributed by atoms with Crippen LogP contribution in [0.3, 0.4) is 0 Å². The van der Waals surface area contributed by atoms with Gasteiger partial charge in [0.15, 0.2) is 5.96 Å². The second kappa shape index (κ2) is 12.7. The van der Waals surface area contributed by atoms with Gasteiger partial charge in [-0.3, -0.25) is 14.6 Å². The summed E-state index contributed by atoms with van der Waals surface area (Å²) in [4.78, 5) is 30.1. The number of guanidine groups is 1. The summed E-state index contributed by atoms with van der Waals surface area (Å²) >= 11 is 0. The molecule has 0 radical (unpaired) electrons. The average Bonchev–Trinajstić information content (AvgIpc) is 2.68. The Kier molecular flexibility index (Phi) is 11.0. The molecule has 1 saturated heterocycles. The molecule has 0 saturated carbocycles. The first kappa shape index (κ1) is 25.2. The minimum Gasteiger partial charge on any atom is -0.370 e. The lowest BCUT2D eigenvalue weighted by atomic mass is 9.95. The van der Waals surface area contributed by atoms with E-state index < -0.39 is 0 Å². The summed E-state index contributed by atoms with van der Waals surface area (Å²) in [6.07, 6.45) is 3.35. The summed E-state index contributed by atoms with van der Waals surface area (Å²) in [6.45, 7) is 6.31. The Morgan fingerprint density at radius 3 is 2.79 bits per heavy atom. The van der Waals surface area contributed by atoms with Crippen LogP contribution in [-0.2, 0) is 11.3 Å². The van der Waals surface area contributed by atoms with Crippen LogP contribution in [0.4, 0.5) is 0 Å². The van der Waals surface area contributed by atoms with Crippen LogP contribution in [-0.4, -0.2) is 48.9 Å². The number of primary amides is 1. The number of hydrogen-bond donors (Lipinski definition) is 3. The van der Waals surface area contributed by atoms with Crippen molar-refractivity contribution in [1.29, 1.82) is 0 Å². The minimum absolute atomic E-state index is 0. The maximum atomic E-state index is 12.3. The van der Waals surface area contributed by atoms with E-state index >= 15 is 0 Å². The van der Waals surface area contributed by atoms with Gasteiger partial charge in [0.2, 0.25) is 5.91 Å². The predicted molar refractivity (Wildman–Crippen MR) is 127 cm³/mol. The Labute approximate surface area is 190 Å². The molecule has 1 aromatic carbocycles. The van der Waals surface area contributed by atoms with Gasteiger partial charge in [-0.2, -0.15) is 0 Å². The van der Waals surface area contributed by atoms with Crippen LogP contribution in [0.1, 0.15) is 55.5 Å². The number of rotatable bonds is 7. The molecule has 4 N–H and O–H groups in total. The third-order valence-electron chi connectivity index (χ3n) is 5.15. The first-order valence-corrected chi connectivity index (χ1v) is 10.1. The van der Waals surface area contributed by atoms with Gasteiger partial charge in [-0.25, -0.2) is 0 Å². The summed E-state index contributed by atoms with van der Waals surface area (Å²) in [7, 11) is 1.76. The molecule has 2 amide bonds. The molecule has 1 heterocycles. The van der Waals surface area contributed by atoms with E-state index in [0.29, 0.717) is 18.5 Å². The third kappa shape index (κ3) is 8.20. The Morgan fingerprint density at radius 1 is 1.38 bits per heavy atom. The molecule has 162 valence electrons. The van der Waals surface area contributed by atoms with Crippen LogP contribution in [0.25, 0.3) is 0 Å². The first-order valence-electron chi connectivity index (χ1n) is 10.1. The number of hydrogen-bond acceptors (Lipinski definition) is 3. The second-order valence-electron chi connectivity index (χ2n) is 7.51. The van der Waals surface area contributed by atoms with Crippen LogP contribution in [0.2, 0.25) is 0 Å². The monoisotopic (exact) mass is 515 g/mol. The van der Waals surface area contributed by atoms with Gasteiger partial charge in [0.1, 0.15) is 0 Å². The molecule has 1 aromatic rings. The van der Waals surface area contributed by atoms with Crippen LogP contribution >= 0.6 is 24.0 Å². The average molecular weight is 515 g/mol. The number of carbonyl (C=O) groups is 2. The maximum Gasteiger partial charge on any atom is 0.251 e. The molecule has 0 aliphatic carbocycles. The zero-order valence-corrected chi connectivity index (χ0v) is 19.9. The largest absolute Gasteiger partial charge is 0.370 e. The summed E-state index contributed by atoms with van der Waals surface area (Å²) in [5, 5.41) is 6.37. The minimum atomic E-state index is -0.248. The number of nitrogens with zero attached hydrogens (tertiary/aromatic N) is 2. The lowest BCUT2D eigenvalue weighted by Gasteiger charge is -2.34. The van der Waals surface area contributed by atoms with Gasteiger partial charge in [0, 0.05) is 44.7 Å². The van der Waals surface area contributed by atoms with Crippen molar-refractivity contribution in [3.8, 4) is 0 Å². The van der Waals surface area contributed by atoms with Crippen molar-refractivity contribution in [1.82, 2.24) is 15.5 Å². The molecule has 0 bridgehead atoms. The Balaban J connectivity index is 0.00000420.